The van der Waals surface area contributed by atoms with Crippen molar-refractivity contribution in [2.24, 2.45) is 0 Å². The first kappa shape index (κ1) is 21.4. The van der Waals surface area contributed by atoms with Crippen molar-refractivity contribution in [1.82, 2.24) is 5.32 Å². The van der Waals surface area contributed by atoms with Gasteiger partial charge < -0.3 is 10.1 Å². The monoisotopic (exact) mass is 313 g/mol. The van der Waals surface area contributed by atoms with E-state index >= 15 is 0 Å². The van der Waals surface area contributed by atoms with E-state index in [0.717, 1.165) is 6.42 Å². The minimum absolute atomic E-state index is 0.170. The van der Waals surface area contributed by atoms with E-state index < -0.39 is 0 Å². The van der Waals surface area contributed by atoms with Crippen LogP contribution in [0, 0.1) is 0 Å². The van der Waals surface area contributed by atoms with Crippen molar-refractivity contribution in [3.8, 4) is 0 Å². The van der Waals surface area contributed by atoms with Crippen molar-refractivity contribution in [2.75, 3.05) is 13.2 Å². The average molecular weight is 314 g/mol. The predicted octanol–water partition coefficient (Wildman–Crippen LogP) is 5.23. The summed E-state index contributed by atoms with van der Waals surface area (Å²) in [7, 11) is 0. The van der Waals surface area contributed by atoms with Crippen molar-refractivity contribution in [3.05, 3.63) is 0 Å². The second kappa shape index (κ2) is 16.8. The largest absolute Gasteiger partial charge is 0.377 e. The molecule has 0 aliphatic heterocycles. The van der Waals surface area contributed by atoms with Crippen LogP contribution in [0.5, 0.6) is 0 Å². The molecule has 0 unspecified atom stereocenters. The summed E-state index contributed by atoms with van der Waals surface area (Å²) in [6, 6.07) is 0. The van der Waals surface area contributed by atoms with E-state index in [1.54, 1.807) is 0 Å². The molecule has 0 fully saturated rings. The van der Waals surface area contributed by atoms with Crippen LogP contribution >= 0.6 is 0 Å². The van der Waals surface area contributed by atoms with Crippen LogP contribution in [0.3, 0.4) is 0 Å². The first-order valence-electron chi connectivity index (χ1n) is 9.55. The highest BCUT2D eigenvalue weighted by atomic mass is 16.5. The van der Waals surface area contributed by atoms with Gasteiger partial charge in [0.15, 0.2) is 0 Å². The Morgan fingerprint density at radius 1 is 0.864 bits per heavy atom. The zero-order chi connectivity index (χ0) is 16.5. The minimum Gasteiger partial charge on any atom is -0.377 e. The third-order valence-electron chi connectivity index (χ3n) is 3.88. The van der Waals surface area contributed by atoms with Crippen LogP contribution in [0.2, 0.25) is 0 Å². The Labute approximate surface area is 138 Å². The lowest BCUT2D eigenvalue weighted by molar-refractivity contribution is -0.121. The number of hydrogen-bond acceptors (Lipinski definition) is 2. The fourth-order valence-corrected chi connectivity index (χ4v) is 2.52. The number of amides is 1. The van der Waals surface area contributed by atoms with E-state index in [0.29, 0.717) is 19.6 Å². The number of unbranched alkanes of at least 4 members (excludes halogenated alkanes) is 10. The van der Waals surface area contributed by atoms with Crippen molar-refractivity contribution >= 4 is 5.91 Å². The quantitative estimate of drug-likeness (QED) is 0.396. The Bertz CT molecular complexity index is 242. The lowest BCUT2D eigenvalue weighted by Crippen LogP contribution is -2.27. The Balaban J connectivity index is 3.14. The third kappa shape index (κ3) is 17.5. The molecule has 1 amide bonds. The van der Waals surface area contributed by atoms with Gasteiger partial charge in [-0.1, -0.05) is 71.1 Å². The van der Waals surface area contributed by atoms with E-state index in [1.807, 2.05) is 13.8 Å². The zero-order valence-corrected chi connectivity index (χ0v) is 15.3. The van der Waals surface area contributed by atoms with Gasteiger partial charge in [-0.2, -0.15) is 0 Å². The molecule has 0 aliphatic carbocycles. The summed E-state index contributed by atoms with van der Waals surface area (Å²) in [5.41, 5.74) is 0. The standard InChI is InChI=1S/C19H39NO2/c1-4-5-6-7-8-9-10-11-12-13-14-15-19(21)20-16-17-22-18(2)3/h18H,4-17H2,1-3H3,(H,20,21). The van der Waals surface area contributed by atoms with E-state index in [2.05, 4.69) is 12.2 Å². The summed E-state index contributed by atoms with van der Waals surface area (Å²) in [6.07, 6.45) is 15.4. The summed E-state index contributed by atoms with van der Waals surface area (Å²) in [6.45, 7) is 7.52. The van der Waals surface area contributed by atoms with Crippen LogP contribution < -0.4 is 5.32 Å². The molecule has 22 heavy (non-hydrogen) atoms. The number of nitrogens with one attached hydrogen (secondary N) is 1. The van der Waals surface area contributed by atoms with Gasteiger partial charge in [-0.25, -0.2) is 0 Å². The Hall–Kier alpha value is -0.570. The molecule has 0 radical (unpaired) electrons. The number of hydrogen-bond donors (Lipinski definition) is 1. The van der Waals surface area contributed by atoms with Gasteiger partial charge >= 0.3 is 0 Å². The van der Waals surface area contributed by atoms with Gasteiger partial charge in [-0.3, -0.25) is 4.79 Å². The van der Waals surface area contributed by atoms with E-state index in [4.69, 9.17) is 4.74 Å². The third-order valence-corrected chi connectivity index (χ3v) is 3.88. The highest BCUT2D eigenvalue weighted by molar-refractivity contribution is 5.75. The molecule has 3 nitrogen and oxygen atoms in total. The highest BCUT2D eigenvalue weighted by Crippen LogP contribution is 2.11. The van der Waals surface area contributed by atoms with Crippen LogP contribution in [0.1, 0.15) is 97.8 Å². The maximum absolute atomic E-state index is 11.6. The lowest BCUT2D eigenvalue weighted by Gasteiger charge is -2.08. The van der Waals surface area contributed by atoms with Gasteiger partial charge in [-0.05, 0) is 20.3 Å². The van der Waals surface area contributed by atoms with Gasteiger partial charge in [0.2, 0.25) is 5.91 Å². The van der Waals surface area contributed by atoms with E-state index in [1.165, 1.54) is 64.2 Å². The molecule has 132 valence electrons. The van der Waals surface area contributed by atoms with Crippen molar-refractivity contribution in [1.29, 1.82) is 0 Å². The molecule has 0 bridgehead atoms. The topological polar surface area (TPSA) is 38.3 Å². The SMILES string of the molecule is CCCCCCCCCCCCCC(=O)NCCOC(C)C. The summed E-state index contributed by atoms with van der Waals surface area (Å²) in [4.78, 5) is 11.6. The van der Waals surface area contributed by atoms with Crippen LogP contribution in [0.4, 0.5) is 0 Å². The number of carbonyl (C=O) groups excluding carboxylic acids is 1. The second-order valence-corrected chi connectivity index (χ2v) is 6.56. The summed E-state index contributed by atoms with van der Waals surface area (Å²) in [5.74, 6) is 0.170. The maximum Gasteiger partial charge on any atom is 0.220 e. The molecule has 0 aromatic carbocycles. The molecule has 0 spiro atoms. The molecule has 0 aliphatic rings. The fourth-order valence-electron chi connectivity index (χ4n) is 2.52. The van der Waals surface area contributed by atoms with Gasteiger partial charge in [-0.15, -0.1) is 0 Å². The molecular weight excluding hydrogens is 274 g/mol. The zero-order valence-electron chi connectivity index (χ0n) is 15.3. The highest BCUT2D eigenvalue weighted by Gasteiger charge is 2.01. The van der Waals surface area contributed by atoms with Crippen LogP contribution in [-0.2, 0) is 9.53 Å². The van der Waals surface area contributed by atoms with E-state index in [-0.39, 0.29) is 12.0 Å². The van der Waals surface area contributed by atoms with Gasteiger partial charge in [0.1, 0.15) is 0 Å². The Morgan fingerprint density at radius 2 is 1.36 bits per heavy atom. The van der Waals surface area contributed by atoms with Crippen molar-refractivity contribution in [2.45, 2.75) is 104 Å². The summed E-state index contributed by atoms with van der Waals surface area (Å²) in [5, 5.41) is 2.91. The fraction of sp³-hybridized carbons (Fsp3) is 0.947. The molecule has 0 aromatic rings. The van der Waals surface area contributed by atoms with Gasteiger partial charge in [0, 0.05) is 13.0 Å². The molecule has 0 saturated carbocycles. The molecule has 0 aromatic heterocycles. The van der Waals surface area contributed by atoms with Crippen LogP contribution in [0.25, 0.3) is 0 Å². The minimum atomic E-state index is 0.170. The molecule has 3 heteroatoms. The van der Waals surface area contributed by atoms with Crippen molar-refractivity contribution in [3.63, 3.8) is 0 Å². The van der Waals surface area contributed by atoms with Gasteiger partial charge in [0.25, 0.3) is 0 Å². The van der Waals surface area contributed by atoms with Crippen LogP contribution in [0.15, 0.2) is 0 Å². The summed E-state index contributed by atoms with van der Waals surface area (Å²) < 4.78 is 5.39. The van der Waals surface area contributed by atoms with Gasteiger partial charge in [0.05, 0.1) is 12.7 Å². The van der Waals surface area contributed by atoms with Crippen LogP contribution in [-0.4, -0.2) is 25.2 Å². The number of carbonyl (C=O) groups is 1. The molecule has 1 N–H and O–H groups in total. The number of ether oxygens (including phenoxy) is 1. The Morgan fingerprint density at radius 3 is 1.86 bits per heavy atom. The lowest BCUT2D eigenvalue weighted by atomic mass is 10.1. The van der Waals surface area contributed by atoms with E-state index in [9.17, 15) is 4.79 Å². The predicted molar refractivity (Wildman–Crippen MR) is 95.2 cm³/mol. The second-order valence-electron chi connectivity index (χ2n) is 6.56. The molecular formula is C19H39NO2. The normalized spacial score (nSPS) is 11.1. The molecule has 0 heterocycles. The molecule has 0 atom stereocenters. The smallest absolute Gasteiger partial charge is 0.220 e. The first-order valence-corrected chi connectivity index (χ1v) is 9.55. The Kier molecular flexibility index (Phi) is 16.4. The maximum atomic E-state index is 11.6. The number of rotatable bonds is 16. The molecule has 0 saturated heterocycles. The first-order chi connectivity index (χ1) is 10.7. The molecule has 0 rings (SSSR count). The average Bonchev–Trinajstić information content (AvgIpc) is 2.49. The van der Waals surface area contributed by atoms with Crippen molar-refractivity contribution < 1.29 is 9.53 Å². The summed E-state index contributed by atoms with van der Waals surface area (Å²) >= 11 is 0.